The minimum Gasteiger partial charge on any atom is -0.494 e. The van der Waals surface area contributed by atoms with Gasteiger partial charge in [0.2, 0.25) is 0 Å². The number of hydrogen-bond acceptors (Lipinski definition) is 6. The summed E-state index contributed by atoms with van der Waals surface area (Å²) < 4.78 is 11.9. The maximum Gasteiger partial charge on any atom is 0.119 e. The highest BCUT2D eigenvalue weighted by Crippen LogP contribution is 2.45. The molecule has 0 aliphatic heterocycles. The van der Waals surface area contributed by atoms with Gasteiger partial charge < -0.3 is 29.1 Å². The molecule has 0 radical (unpaired) electrons. The third-order valence-corrected chi connectivity index (χ3v) is 14.5. The highest BCUT2D eigenvalue weighted by atomic mass is 16.5. The smallest absolute Gasteiger partial charge is 0.119 e. The van der Waals surface area contributed by atoms with Crippen molar-refractivity contribution in [2.45, 2.75) is 26.7 Å². The molecule has 12 aromatic rings. The van der Waals surface area contributed by atoms with Crippen LogP contribution in [0.2, 0.25) is 0 Å². The first kappa shape index (κ1) is 50.8. The van der Waals surface area contributed by atoms with Gasteiger partial charge in [-0.3, -0.25) is 0 Å². The summed E-state index contributed by atoms with van der Waals surface area (Å²) in [5.74, 6) is 1.75. The number of nitrogens with zero attached hydrogens (tertiary/aromatic N) is 4. The zero-order valence-electron chi connectivity index (χ0n) is 45.1. The molecule has 80 heavy (non-hydrogen) atoms. The van der Waals surface area contributed by atoms with Crippen LogP contribution in [0.3, 0.4) is 0 Å². The summed E-state index contributed by atoms with van der Waals surface area (Å²) in [7, 11) is 0. The van der Waals surface area contributed by atoms with Crippen LogP contribution in [-0.2, 0) is 0 Å². The van der Waals surface area contributed by atoms with Crippen LogP contribution < -0.4 is 29.1 Å². The van der Waals surface area contributed by atoms with Gasteiger partial charge in [-0.1, -0.05) is 147 Å². The van der Waals surface area contributed by atoms with Crippen molar-refractivity contribution in [2.75, 3.05) is 32.8 Å². The van der Waals surface area contributed by atoms with Gasteiger partial charge in [0, 0.05) is 67.6 Å². The molecule has 0 atom stereocenters. The normalized spacial score (nSPS) is 11.1. The number of benzene rings is 12. The summed E-state index contributed by atoms with van der Waals surface area (Å²) in [5, 5.41) is 4.73. The van der Waals surface area contributed by atoms with Gasteiger partial charge in [-0.15, -0.1) is 0 Å². The quantitative estimate of drug-likeness (QED) is 0.0802. The van der Waals surface area contributed by atoms with Crippen LogP contribution in [0.25, 0.3) is 32.7 Å². The van der Waals surface area contributed by atoms with E-state index in [0.29, 0.717) is 13.2 Å². The Kier molecular flexibility index (Phi) is 15.0. The van der Waals surface area contributed by atoms with E-state index in [1.54, 1.807) is 0 Å². The molecule has 0 aliphatic rings. The van der Waals surface area contributed by atoms with Crippen LogP contribution in [0.5, 0.6) is 11.5 Å². The van der Waals surface area contributed by atoms with E-state index in [0.717, 1.165) is 104 Å². The van der Waals surface area contributed by atoms with E-state index < -0.39 is 0 Å². The predicted molar refractivity (Wildman–Crippen MR) is 337 cm³/mol. The number of hydrogen-bond donors (Lipinski definition) is 0. The van der Waals surface area contributed by atoms with E-state index in [1.807, 2.05) is 0 Å². The van der Waals surface area contributed by atoms with Crippen LogP contribution in [0.4, 0.5) is 68.2 Å². The van der Waals surface area contributed by atoms with Crippen molar-refractivity contribution in [3.63, 3.8) is 0 Å². The highest BCUT2D eigenvalue weighted by molar-refractivity contribution is 6.01. The van der Waals surface area contributed by atoms with Gasteiger partial charge in [-0.05, 0) is 192 Å². The lowest BCUT2D eigenvalue weighted by Gasteiger charge is -2.29. The number of anilines is 12. The number of para-hydroxylation sites is 2. The largest absolute Gasteiger partial charge is 0.494 e. The van der Waals surface area contributed by atoms with Crippen molar-refractivity contribution in [3.05, 3.63) is 291 Å². The molecule has 0 saturated carbocycles. The van der Waals surface area contributed by atoms with Crippen LogP contribution >= 0.6 is 0 Å². The van der Waals surface area contributed by atoms with Crippen molar-refractivity contribution in [1.82, 2.24) is 0 Å². The van der Waals surface area contributed by atoms with E-state index in [9.17, 15) is 0 Å². The Bertz CT molecular complexity index is 3670. The first-order chi connectivity index (χ1) is 39.6. The maximum absolute atomic E-state index is 5.95. The fourth-order valence-electron chi connectivity index (χ4n) is 10.6. The number of ether oxygens (including phenoxy) is 2. The Balaban J connectivity index is 0.873. The molecule has 0 amide bonds. The van der Waals surface area contributed by atoms with E-state index in [2.05, 4.69) is 325 Å². The average Bonchev–Trinajstić information content (AvgIpc) is 3.57. The Morgan fingerprint density at radius 1 is 0.237 bits per heavy atom. The molecular weight excluding hydrogens is 977 g/mol. The van der Waals surface area contributed by atoms with Gasteiger partial charge in [0.05, 0.1) is 24.6 Å². The van der Waals surface area contributed by atoms with Gasteiger partial charge in [-0.2, -0.15) is 0 Å². The minimum atomic E-state index is 0.693. The molecule has 0 bridgehead atoms. The molecule has 6 heteroatoms. The van der Waals surface area contributed by atoms with Crippen molar-refractivity contribution < 1.29 is 9.47 Å². The van der Waals surface area contributed by atoms with Crippen molar-refractivity contribution in [2.24, 2.45) is 0 Å². The SMILES string of the molecule is CCCOc1ccc(N(c2ccccc2)c2ccc(N(c3ccc(-c4ccc(N(c5ccc(N(c6ccccc6)c6ccc(OCCC)cc6)cc5)c5cccc6ccccc56)cc4)cc3)c3cccc4ccccc34)cc2)cc1. The fraction of sp³-hybridized carbons (Fsp3) is 0.0811. The predicted octanol–water partition coefficient (Wildman–Crippen LogP) is 21.1. The van der Waals surface area contributed by atoms with Crippen molar-refractivity contribution in [3.8, 4) is 22.6 Å². The number of rotatable bonds is 19. The lowest BCUT2D eigenvalue weighted by atomic mass is 10.0. The molecule has 0 N–H and O–H groups in total. The van der Waals surface area contributed by atoms with E-state index in [-0.39, 0.29) is 0 Å². The summed E-state index contributed by atoms with van der Waals surface area (Å²) in [5.41, 5.74) is 15.1. The van der Waals surface area contributed by atoms with Crippen molar-refractivity contribution in [1.29, 1.82) is 0 Å². The Hall–Kier alpha value is -10.0. The van der Waals surface area contributed by atoms with Gasteiger partial charge >= 0.3 is 0 Å². The lowest BCUT2D eigenvalue weighted by molar-refractivity contribution is 0.317. The van der Waals surface area contributed by atoms with Crippen molar-refractivity contribution >= 4 is 89.8 Å². The summed E-state index contributed by atoms with van der Waals surface area (Å²) in [6.07, 6.45) is 1.93. The molecule has 0 fully saturated rings. The average molecular weight is 1040 g/mol. The molecule has 12 aromatic carbocycles. The van der Waals surface area contributed by atoms with Gasteiger partial charge in [-0.25, -0.2) is 0 Å². The molecule has 0 heterocycles. The van der Waals surface area contributed by atoms with Crippen LogP contribution in [0.1, 0.15) is 26.7 Å². The van der Waals surface area contributed by atoms with E-state index in [4.69, 9.17) is 9.47 Å². The Labute approximate surface area is 470 Å². The van der Waals surface area contributed by atoms with Crippen LogP contribution in [0, 0.1) is 0 Å². The van der Waals surface area contributed by atoms with Crippen LogP contribution in [-0.4, -0.2) is 13.2 Å². The fourth-order valence-corrected chi connectivity index (χ4v) is 10.6. The molecular formula is C74H62N4O2. The monoisotopic (exact) mass is 1040 g/mol. The van der Waals surface area contributed by atoms with Gasteiger partial charge in [0.25, 0.3) is 0 Å². The van der Waals surface area contributed by atoms with E-state index in [1.165, 1.54) is 21.5 Å². The third kappa shape index (κ3) is 10.8. The summed E-state index contributed by atoms with van der Waals surface area (Å²) >= 11 is 0. The summed E-state index contributed by atoms with van der Waals surface area (Å²) in [4.78, 5) is 9.33. The van der Waals surface area contributed by atoms with E-state index >= 15 is 0 Å². The maximum atomic E-state index is 5.95. The summed E-state index contributed by atoms with van der Waals surface area (Å²) in [6, 6.07) is 104. The Morgan fingerprint density at radius 3 is 0.838 bits per heavy atom. The standard InChI is InChI=1S/C74H62N4O2/c1-3-53-79-69-49-45-63(46-50-69)75(59-21-7-5-8-22-59)61-37-41-67(42-38-61)77(73-27-15-19-57-17-11-13-25-71(57)73)65-33-29-55(30-34-65)56-31-35-66(36-32-56)78(74-28-16-20-58-18-12-14-26-72(58)74)68-43-39-62(40-44-68)76(60-23-9-6-10-24-60)64-47-51-70(52-48-64)80-54-4-2/h5-52H,3-4,53-54H2,1-2H3. The first-order valence-electron chi connectivity index (χ1n) is 27.7. The Morgan fingerprint density at radius 2 is 0.500 bits per heavy atom. The van der Waals surface area contributed by atoms with Gasteiger partial charge in [0.15, 0.2) is 0 Å². The molecule has 12 rings (SSSR count). The van der Waals surface area contributed by atoms with Crippen LogP contribution in [0.15, 0.2) is 291 Å². The first-order valence-corrected chi connectivity index (χ1v) is 27.7. The molecule has 0 spiro atoms. The summed E-state index contributed by atoms with van der Waals surface area (Å²) in [6.45, 7) is 5.64. The molecule has 0 aromatic heterocycles. The van der Waals surface area contributed by atoms with Gasteiger partial charge in [0.1, 0.15) is 11.5 Å². The molecule has 0 aliphatic carbocycles. The molecule has 0 saturated heterocycles. The number of fused-ring (bicyclic) bond motifs is 2. The second-order valence-corrected chi connectivity index (χ2v) is 19.8. The molecule has 390 valence electrons. The topological polar surface area (TPSA) is 31.4 Å². The second-order valence-electron chi connectivity index (χ2n) is 19.8. The second kappa shape index (κ2) is 23.7. The third-order valence-electron chi connectivity index (χ3n) is 14.5. The molecule has 0 unspecified atom stereocenters. The minimum absolute atomic E-state index is 0.693. The zero-order valence-corrected chi connectivity index (χ0v) is 45.1. The highest BCUT2D eigenvalue weighted by Gasteiger charge is 2.21. The molecule has 6 nitrogen and oxygen atoms in total. The lowest BCUT2D eigenvalue weighted by Crippen LogP contribution is -2.12. The zero-order chi connectivity index (χ0) is 54.0.